The largest absolute Gasteiger partial charge is 0.420 e. The highest BCUT2D eigenvalue weighted by atomic mass is 35.5. The van der Waals surface area contributed by atoms with Gasteiger partial charge in [-0.05, 0) is 50.7 Å². The first-order valence-corrected chi connectivity index (χ1v) is 13.0. The molecule has 0 unspecified atom stereocenters. The molecule has 1 aliphatic rings. The number of benzene rings is 1. The van der Waals surface area contributed by atoms with Gasteiger partial charge in [-0.3, -0.25) is 9.69 Å². The summed E-state index contributed by atoms with van der Waals surface area (Å²) in [6.45, 7) is 7.27. The Morgan fingerprint density at radius 3 is 2.94 bits per heavy atom. The van der Waals surface area contributed by atoms with Crippen LogP contribution in [-0.4, -0.2) is 65.2 Å². The highest BCUT2D eigenvalue weighted by Crippen LogP contribution is 2.41. The van der Waals surface area contributed by atoms with Gasteiger partial charge < -0.3 is 20.1 Å². The van der Waals surface area contributed by atoms with E-state index in [2.05, 4.69) is 25.5 Å². The summed E-state index contributed by atoms with van der Waals surface area (Å²) < 4.78 is 12.6. The quantitative estimate of drug-likeness (QED) is 0.252. The van der Waals surface area contributed by atoms with E-state index in [9.17, 15) is 4.79 Å². The summed E-state index contributed by atoms with van der Waals surface area (Å²) in [6.07, 6.45) is 1.67. The number of anilines is 1. The van der Waals surface area contributed by atoms with Gasteiger partial charge in [0, 0.05) is 65.6 Å². The van der Waals surface area contributed by atoms with Gasteiger partial charge in [-0.1, -0.05) is 0 Å². The first-order valence-electron chi connectivity index (χ1n) is 11.8. The van der Waals surface area contributed by atoms with Gasteiger partial charge in [0.25, 0.3) is 5.91 Å². The van der Waals surface area contributed by atoms with Gasteiger partial charge >= 0.3 is 0 Å². The second-order valence-corrected chi connectivity index (χ2v) is 10.1. The van der Waals surface area contributed by atoms with Crippen molar-refractivity contribution in [1.82, 2.24) is 25.2 Å². The monoisotopic (exact) mass is 526 g/mol. The van der Waals surface area contributed by atoms with E-state index < -0.39 is 0 Å². The summed E-state index contributed by atoms with van der Waals surface area (Å²) >= 11 is 7.56. The van der Waals surface area contributed by atoms with Crippen LogP contribution in [0.2, 0.25) is 5.28 Å². The van der Waals surface area contributed by atoms with Gasteiger partial charge in [0.2, 0.25) is 17.0 Å². The number of carbonyl (C=O) groups excluding carboxylic acids is 1. The number of amides is 1. The lowest BCUT2D eigenvalue weighted by Crippen LogP contribution is -2.34. The van der Waals surface area contributed by atoms with Crippen LogP contribution in [0.3, 0.4) is 0 Å². The van der Waals surface area contributed by atoms with Crippen molar-refractivity contribution < 1.29 is 14.3 Å². The first-order chi connectivity index (χ1) is 17.4. The highest BCUT2D eigenvalue weighted by Gasteiger charge is 2.25. The molecule has 0 aliphatic carbocycles. The smallest absolute Gasteiger partial charge is 0.263 e. The van der Waals surface area contributed by atoms with Crippen LogP contribution >= 0.6 is 22.9 Å². The lowest BCUT2D eigenvalue weighted by atomic mass is 10.1. The molecule has 1 aromatic carbocycles. The van der Waals surface area contributed by atoms with Crippen LogP contribution in [0.5, 0.6) is 11.8 Å². The van der Waals surface area contributed by atoms with Crippen LogP contribution < -0.4 is 15.4 Å². The summed E-state index contributed by atoms with van der Waals surface area (Å²) in [6, 6.07) is 7.76. The molecule has 4 heterocycles. The van der Waals surface area contributed by atoms with Crippen molar-refractivity contribution in [3.63, 3.8) is 0 Å². The van der Waals surface area contributed by atoms with Gasteiger partial charge in [-0.2, -0.15) is 4.98 Å². The van der Waals surface area contributed by atoms with Crippen LogP contribution in [0, 0.1) is 0 Å². The third kappa shape index (κ3) is 5.08. The third-order valence-corrected chi connectivity index (χ3v) is 7.26. The molecule has 0 radical (unpaired) electrons. The minimum atomic E-state index is -0.0517. The number of fused-ring (bicyclic) bond motifs is 5. The fraction of sp³-hybridized carbons (Fsp3) is 0.360. The van der Waals surface area contributed by atoms with Crippen LogP contribution in [-0.2, 0) is 11.3 Å². The van der Waals surface area contributed by atoms with Crippen LogP contribution in [0.25, 0.3) is 21.0 Å². The third-order valence-electron chi connectivity index (χ3n) is 5.92. The zero-order chi connectivity index (χ0) is 25.2. The normalized spacial score (nSPS) is 15.6. The van der Waals surface area contributed by atoms with Crippen molar-refractivity contribution in [3.8, 4) is 11.8 Å². The van der Waals surface area contributed by atoms with E-state index in [1.54, 1.807) is 6.20 Å². The lowest BCUT2D eigenvalue weighted by molar-refractivity contribution is 0.0949. The molecule has 188 valence electrons. The molecule has 11 heteroatoms. The maximum Gasteiger partial charge on any atom is 0.263 e. The van der Waals surface area contributed by atoms with Gasteiger partial charge in [0.05, 0.1) is 17.8 Å². The second kappa shape index (κ2) is 10.5. The SMILES string of the molecule is CCOCCN(C)Cc1cnc(Cl)nc1Oc1ccc2c(ccc3sc4c(c32)NC[C@H](C)NC4=O)n1. The molecule has 0 fully saturated rings. The molecule has 0 saturated carbocycles. The number of thiophene rings is 1. The summed E-state index contributed by atoms with van der Waals surface area (Å²) in [4.78, 5) is 28.6. The fourth-order valence-electron chi connectivity index (χ4n) is 4.17. The van der Waals surface area contributed by atoms with Crippen LogP contribution in [0.15, 0.2) is 30.5 Å². The number of carbonyl (C=O) groups is 1. The van der Waals surface area contributed by atoms with E-state index in [0.717, 1.165) is 38.8 Å². The van der Waals surface area contributed by atoms with Crippen molar-refractivity contribution in [1.29, 1.82) is 0 Å². The summed E-state index contributed by atoms with van der Waals surface area (Å²) in [5.41, 5.74) is 2.41. The van der Waals surface area contributed by atoms with Gasteiger partial charge in [-0.25, -0.2) is 9.97 Å². The molecule has 1 amide bonds. The summed E-state index contributed by atoms with van der Waals surface area (Å²) in [5, 5.41) is 8.52. The summed E-state index contributed by atoms with van der Waals surface area (Å²) in [5.74, 6) is 0.711. The molecule has 0 spiro atoms. The molecule has 1 aliphatic heterocycles. The van der Waals surface area contributed by atoms with E-state index in [0.29, 0.717) is 42.9 Å². The number of hydrogen-bond acceptors (Lipinski definition) is 9. The molecule has 5 rings (SSSR count). The Morgan fingerprint density at radius 1 is 1.25 bits per heavy atom. The minimum absolute atomic E-state index is 0.0485. The average molecular weight is 527 g/mol. The Kier molecular flexibility index (Phi) is 7.20. The topological polar surface area (TPSA) is 102 Å². The lowest BCUT2D eigenvalue weighted by Gasteiger charge is -2.18. The average Bonchev–Trinajstić information content (AvgIpc) is 3.17. The number of likely N-dealkylation sites (N-methyl/N-ethyl adjacent to an activating group) is 1. The second-order valence-electron chi connectivity index (χ2n) is 8.72. The molecule has 0 saturated heterocycles. The molecule has 4 aromatic rings. The van der Waals surface area contributed by atoms with Crippen LogP contribution in [0.4, 0.5) is 5.69 Å². The predicted molar refractivity (Wildman–Crippen MR) is 142 cm³/mol. The Hall–Kier alpha value is -3.05. The molecule has 36 heavy (non-hydrogen) atoms. The van der Waals surface area contributed by atoms with Gasteiger partial charge in [-0.15, -0.1) is 11.3 Å². The number of hydrogen-bond donors (Lipinski definition) is 2. The van der Waals surface area contributed by atoms with Crippen LogP contribution in [0.1, 0.15) is 29.1 Å². The maximum absolute atomic E-state index is 12.7. The number of nitrogens with one attached hydrogen (secondary N) is 2. The molecule has 2 N–H and O–H groups in total. The molecular formula is C25H27ClN6O3S. The number of pyridine rings is 1. The highest BCUT2D eigenvalue weighted by molar-refractivity contribution is 7.21. The van der Waals surface area contributed by atoms with Crippen molar-refractivity contribution in [2.75, 3.05) is 38.7 Å². The first kappa shape index (κ1) is 24.6. The standard InChI is InChI=1S/C25H27ClN6O3S/c1-4-34-10-9-32(3)13-15-12-28-25(26)31-24(15)35-19-8-5-16-17(30-19)6-7-18-20(16)21-22(36-18)23(33)29-14(2)11-27-21/h5-8,12,14,27H,4,9-11,13H2,1-3H3,(H,29,33)/t14-/m0/s1. The molecule has 1 atom stereocenters. The van der Waals surface area contributed by atoms with E-state index >= 15 is 0 Å². The van der Waals surface area contributed by atoms with Crippen molar-refractivity contribution in [2.45, 2.75) is 26.4 Å². The van der Waals surface area contributed by atoms with E-state index in [1.165, 1.54) is 11.3 Å². The Morgan fingerprint density at radius 2 is 2.11 bits per heavy atom. The molecule has 9 nitrogen and oxygen atoms in total. The van der Waals surface area contributed by atoms with E-state index in [-0.39, 0.29) is 17.2 Å². The van der Waals surface area contributed by atoms with Gasteiger partial charge in [0.1, 0.15) is 4.88 Å². The molecule has 0 bridgehead atoms. The Labute approximate surface area is 217 Å². The zero-order valence-electron chi connectivity index (χ0n) is 20.3. The summed E-state index contributed by atoms with van der Waals surface area (Å²) in [7, 11) is 2.00. The van der Waals surface area contributed by atoms with Crippen molar-refractivity contribution in [2.24, 2.45) is 0 Å². The number of nitrogens with zero attached hydrogens (tertiary/aromatic N) is 4. The predicted octanol–water partition coefficient (Wildman–Crippen LogP) is 4.70. The van der Waals surface area contributed by atoms with Gasteiger partial charge in [0.15, 0.2) is 0 Å². The number of ether oxygens (including phenoxy) is 2. The fourth-order valence-corrected chi connectivity index (χ4v) is 5.39. The Balaban J connectivity index is 1.45. The van der Waals surface area contributed by atoms with E-state index in [4.69, 9.17) is 26.1 Å². The van der Waals surface area contributed by atoms with E-state index in [1.807, 2.05) is 45.2 Å². The number of aromatic nitrogens is 3. The molecule has 3 aromatic heterocycles. The number of rotatable bonds is 8. The number of halogens is 1. The maximum atomic E-state index is 12.7. The Bertz CT molecular complexity index is 1430. The minimum Gasteiger partial charge on any atom is -0.420 e. The van der Waals surface area contributed by atoms with Crippen molar-refractivity contribution in [3.05, 3.63) is 46.2 Å². The van der Waals surface area contributed by atoms with Crippen molar-refractivity contribution >= 4 is 55.5 Å². The zero-order valence-corrected chi connectivity index (χ0v) is 21.9. The molecular weight excluding hydrogens is 500 g/mol.